The van der Waals surface area contributed by atoms with Crippen molar-refractivity contribution < 1.29 is 14.8 Å². The van der Waals surface area contributed by atoms with Gasteiger partial charge in [-0.3, -0.25) is 10.1 Å². The van der Waals surface area contributed by atoms with Crippen LogP contribution in [0.3, 0.4) is 0 Å². The number of nitrogens with zero attached hydrogens (tertiary/aromatic N) is 4. The molecule has 0 radical (unpaired) electrons. The molecule has 92 valence electrons. The van der Waals surface area contributed by atoms with E-state index >= 15 is 0 Å². The highest BCUT2D eigenvalue weighted by Crippen LogP contribution is 2.26. The number of rotatable bonds is 3. The van der Waals surface area contributed by atoms with Gasteiger partial charge in [-0.05, 0) is 28.1 Å². The molecule has 0 saturated heterocycles. The highest BCUT2D eigenvalue weighted by atomic mass is 79.9. The largest absolute Gasteiger partial charge is 0.476 e. The molecule has 0 aliphatic carbocycles. The lowest BCUT2D eigenvalue weighted by Crippen LogP contribution is -1.97. The summed E-state index contributed by atoms with van der Waals surface area (Å²) in [6.07, 6.45) is 1.18. The summed E-state index contributed by atoms with van der Waals surface area (Å²) in [4.78, 5) is 20.8. The number of halogens is 1. The predicted molar refractivity (Wildman–Crippen MR) is 62.7 cm³/mol. The van der Waals surface area contributed by atoms with Crippen LogP contribution in [0.1, 0.15) is 10.5 Å². The van der Waals surface area contributed by atoms with Gasteiger partial charge in [-0.15, -0.1) is 5.10 Å². The molecule has 0 fully saturated rings. The topological polar surface area (TPSA) is 111 Å². The van der Waals surface area contributed by atoms with Crippen LogP contribution in [-0.2, 0) is 0 Å². The van der Waals surface area contributed by atoms with Gasteiger partial charge in [0.2, 0.25) is 0 Å². The van der Waals surface area contributed by atoms with Crippen LogP contribution in [0.4, 0.5) is 5.69 Å². The lowest BCUT2D eigenvalue weighted by molar-refractivity contribution is -0.385. The fourth-order valence-corrected chi connectivity index (χ4v) is 1.66. The lowest BCUT2D eigenvalue weighted by Gasteiger charge is -2.00. The van der Waals surface area contributed by atoms with E-state index in [0.29, 0.717) is 10.2 Å². The molecule has 0 spiro atoms. The number of aromatic carboxylic acids is 1. The molecule has 0 amide bonds. The van der Waals surface area contributed by atoms with Crippen LogP contribution >= 0.6 is 15.9 Å². The minimum absolute atomic E-state index is 0.139. The number of hydrogen-bond acceptors (Lipinski definition) is 5. The van der Waals surface area contributed by atoms with Gasteiger partial charge in [-0.25, -0.2) is 9.48 Å². The summed E-state index contributed by atoms with van der Waals surface area (Å²) in [5, 5.41) is 26.5. The third-order valence-electron chi connectivity index (χ3n) is 2.10. The van der Waals surface area contributed by atoms with Crippen LogP contribution in [-0.4, -0.2) is 31.0 Å². The molecule has 0 aliphatic rings. The van der Waals surface area contributed by atoms with E-state index in [-0.39, 0.29) is 11.4 Å². The van der Waals surface area contributed by atoms with Crippen molar-refractivity contribution in [2.45, 2.75) is 0 Å². The quantitative estimate of drug-likeness (QED) is 0.681. The summed E-state index contributed by atoms with van der Waals surface area (Å²) >= 11 is 3.05. The third kappa shape index (κ3) is 2.20. The molecule has 2 aromatic rings. The van der Waals surface area contributed by atoms with Crippen molar-refractivity contribution in [2.24, 2.45) is 0 Å². The Labute approximate surface area is 108 Å². The smallest absolute Gasteiger partial charge is 0.358 e. The maximum atomic E-state index is 10.8. The van der Waals surface area contributed by atoms with Gasteiger partial charge in [0.05, 0.1) is 21.3 Å². The Bertz CT molecular complexity index is 639. The van der Waals surface area contributed by atoms with Gasteiger partial charge in [0, 0.05) is 6.07 Å². The summed E-state index contributed by atoms with van der Waals surface area (Å²) in [6, 6.07) is 4.30. The molecule has 0 saturated carbocycles. The van der Waals surface area contributed by atoms with E-state index in [1.165, 1.54) is 18.3 Å². The summed E-state index contributed by atoms with van der Waals surface area (Å²) in [5.74, 6) is -1.21. The Morgan fingerprint density at radius 2 is 2.22 bits per heavy atom. The first-order valence-electron chi connectivity index (χ1n) is 4.59. The van der Waals surface area contributed by atoms with Crippen LogP contribution < -0.4 is 0 Å². The van der Waals surface area contributed by atoms with Gasteiger partial charge in [0.1, 0.15) is 0 Å². The first-order chi connectivity index (χ1) is 8.49. The van der Waals surface area contributed by atoms with Crippen LogP contribution in [0.15, 0.2) is 28.9 Å². The van der Waals surface area contributed by atoms with Gasteiger partial charge in [0.15, 0.2) is 5.69 Å². The Kier molecular flexibility index (Phi) is 3.06. The normalized spacial score (nSPS) is 10.3. The second-order valence-electron chi connectivity index (χ2n) is 3.25. The maximum absolute atomic E-state index is 10.8. The molecule has 2 rings (SSSR count). The van der Waals surface area contributed by atoms with E-state index in [1.54, 1.807) is 6.07 Å². The van der Waals surface area contributed by atoms with Crippen LogP contribution in [0.25, 0.3) is 5.69 Å². The summed E-state index contributed by atoms with van der Waals surface area (Å²) in [7, 11) is 0. The SMILES string of the molecule is O=C(O)c1cn(-c2ccc(Br)c([N+](=O)[O-])c2)nn1. The highest BCUT2D eigenvalue weighted by Gasteiger charge is 2.15. The molecule has 0 unspecified atom stereocenters. The average Bonchev–Trinajstić information content (AvgIpc) is 2.78. The zero-order valence-corrected chi connectivity index (χ0v) is 10.2. The van der Waals surface area contributed by atoms with Crippen molar-refractivity contribution in [2.75, 3.05) is 0 Å². The Morgan fingerprint density at radius 1 is 1.50 bits per heavy atom. The van der Waals surface area contributed by atoms with Gasteiger partial charge in [0.25, 0.3) is 5.69 Å². The number of carboxylic acid groups (broad SMARTS) is 1. The number of nitro benzene ring substituents is 1. The van der Waals surface area contributed by atoms with E-state index < -0.39 is 10.9 Å². The van der Waals surface area contributed by atoms with E-state index in [9.17, 15) is 14.9 Å². The van der Waals surface area contributed by atoms with E-state index in [4.69, 9.17) is 5.11 Å². The molecular weight excluding hydrogens is 308 g/mol. The van der Waals surface area contributed by atoms with Crippen molar-refractivity contribution in [1.82, 2.24) is 15.0 Å². The summed E-state index contributed by atoms with van der Waals surface area (Å²) in [5.41, 5.74) is -0.0228. The number of nitro groups is 1. The second-order valence-corrected chi connectivity index (χ2v) is 4.10. The monoisotopic (exact) mass is 312 g/mol. The summed E-state index contributed by atoms with van der Waals surface area (Å²) < 4.78 is 1.48. The maximum Gasteiger partial charge on any atom is 0.358 e. The first-order valence-corrected chi connectivity index (χ1v) is 5.38. The molecule has 18 heavy (non-hydrogen) atoms. The molecule has 1 heterocycles. The van der Waals surface area contributed by atoms with E-state index in [1.807, 2.05) is 0 Å². The minimum Gasteiger partial charge on any atom is -0.476 e. The number of hydrogen-bond donors (Lipinski definition) is 1. The summed E-state index contributed by atoms with van der Waals surface area (Å²) in [6.45, 7) is 0. The Morgan fingerprint density at radius 3 is 2.78 bits per heavy atom. The number of carboxylic acids is 1. The first kappa shape index (κ1) is 12.2. The molecule has 8 nitrogen and oxygen atoms in total. The molecule has 9 heteroatoms. The van der Waals surface area contributed by atoms with Crippen LogP contribution in [0.5, 0.6) is 0 Å². The highest BCUT2D eigenvalue weighted by molar-refractivity contribution is 9.10. The molecule has 0 atom stereocenters. The molecule has 1 aromatic carbocycles. The fraction of sp³-hybridized carbons (Fsp3) is 0. The van der Waals surface area contributed by atoms with Crippen molar-refractivity contribution >= 4 is 27.6 Å². The van der Waals surface area contributed by atoms with Crippen molar-refractivity contribution in [3.05, 3.63) is 44.7 Å². The number of benzene rings is 1. The second kappa shape index (κ2) is 4.53. The van der Waals surface area contributed by atoms with Crippen molar-refractivity contribution in [1.29, 1.82) is 0 Å². The molecule has 0 aliphatic heterocycles. The third-order valence-corrected chi connectivity index (χ3v) is 2.77. The molecule has 1 N–H and O–H groups in total. The van der Waals surface area contributed by atoms with Crippen molar-refractivity contribution in [3.8, 4) is 5.69 Å². The fourth-order valence-electron chi connectivity index (χ4n) is 1.27. The van der Waals surface area contributed by atoms with E-state index in [2.05, 4.69) is 26.2 Å². The standard InChI is InChI=1S/C9H5BrN4O4/c10-6-2-1-5(3-8(6)14(17)18)13-4-7(9(15)16)11-12-13/h1-4H,(H,15,16). The Balaban J connectivity index is 2.47. The number of aromatic nitrogens is 3. The molecular formula is C9H5BrN4O4. The van der Waals surface area contributed by atoms with Gasteiger partial charge in [-0.1, -0.05) is 5.21 Å². The van der Waals surface area contributed by atoms with Gasteiger partial charge >= 0.3 is 5.97 Å². The number of carbonyl (C=O) groups is 1. The lowest BCUT2D eigenvalue weighted by atomic mass is 10.3. The Hall–Kier alpha value is -2.29. The molecule has 1 aromatic heterocycles. The molecule has 0 bridgehead atoms. The average molecular weight is 313 g/mol. The van der Waals surface area contributed by atoms with E-state index in [0.717, 1.165) is 4.68 Å². The zero-order valence-electron chi connectivity index (χ0n) is 8.65. The zero-order chi connectivity index (χ0) is 13.3. The van der Waals surface area contributed by atoms with Crippen molar-refractivity contribution in [3.63, 3.8) is 0 Å². The minimum atomic E-state index is -1.21. The predicted octanol–water partition coefficient (Wildman–Crippen LogP) is 1.64. The van der Waals surface area contributed by atoms with Gasteiger partial charge < -0.3 is 5.11 Å². The van der Waals surface area contributed by atoms with Crippen LogP contribution in [0, 0.1) is 10.1 Å². The van der Waals surface area contributed by atoms with Crippen LogP contribution in [0.2, 0.25) is 0 Å². The van der Waals surface area contributed by atoms with Gasteiger partial charge in [-0.2, -0.15) is 0 Å².